The minimum Gasteiger partial charge on any atom is -0.494 e. The third-order valence-electron chi connectivity index (χ3n) is 3.33. The van der Waals surface area contributed by atoms with Crippen molar-refractivity contribution in [2.75, 3.05) is 11.9 Å². The minimum atomic E-state index is -0.786. The van der Waals surface area contributed by atoms with E-state index in [0.29, 0.717) is 6.42 Å². The maximum absolute atomic E-state index is 10.7. The highest BCUT2D eigenvalue weighted by Crippen LogP contribution is 2.27. The van der Waals surface area contributed by atoms with Crippen molar-refractivity contribution in [1.29, 1.82) is 0 Å². The molecule has 1 aromatic heterocycles. The van der Waals surface area contributed by atoms with Gasteiger partial charge in [-0.15, -0.1) is 11.3 Å². The van der Waals surface area contributed by atoms with Crippen LogP contribution in [0.4, 0.5) is 10.8 Å². The Balaban J connectivity index is 1.93. The lowest BCUT2D eigenvalue weighted by atomic mass is 10.2. The number of hydrogen-bond donors (Lipinski definition) is 2. The fourth-order valence-corrected chi connectivity index (χ4v) is 3.01. The highest BCUT2D eigenvalue weighted by Gasteiger charge is 2.09. The zero-order chi connectivity index (χ0) is 16.7. The average molecular weight is 334 g/mol. The summed E-state index contributed by atoms with van der Waals surface area (Å²) in [5, 5.41) is 12.8. The largest absolute Gasteiger partial charge is 0.494 e. The van der Waals surface area contributed by atoms with E-state index in [4.69, 9.17) is 9.84 Å². The maximum Gasteiger partial charge on any atom is 0.303 e. The van der Waals surface area contributed by atoms with Crippen LogP contribution < -0.4 is 10.1 Å². The summed E-state index contributed by atoms with van der Waals surface area (Å²) in [6.07, 6.45) is 2.82. The van der Waals surface area contributed by atoms with Crippen LogP contribution in [0.2, 0.25) is 0 Å². The predicted octanol–water partition coefficient (Wildman–Crippen LogP) is 4.39. The Hall–Kier alpha value is -2.08. The van der Waals surface area contributed by atoms with Gasteiger partial charge in [0, 0.05) is 10.6 Å². The van der Waals surface area contributed by atoms with Gasteiger partial charge >= 0.3 is 5.97 Å². The molecule has 0 amide bonds. The van der Waals surface area contributed by atoms with Crippen molar-refractivity contribution in [2.45, 2.75) is 39.5 Å². The quantitative estimate of drug-likeness (QED) is 0.665. The second kappa shape index (κ2) is 8.53. The molecule has 0 radical (unpaired) electrons. The fourth-order valence-electron chi connectivity index (χ4n) is 2.03. The lowest BCUT2D eigenvalue weighted by molar-refractivity contribution is -0.136. The molecule has 0 atom stereocenters. The average Bonchev–Trinajstić information content (AvgIpc) is 2.87. The van der Waals surface area contributed by atoms with Gasteiger partial charge in [0.1, 0.15) is 5.75 Å². The van der Waals surface area contributed by atoms with Crippen molar-refractivity contribution in [3.05, 3.63) is 34.8 Å². The van der Waals surface area contributed by atoms with E-state index in [9.17, 15) is 4.79 Å². The molecule has 23 heavy (non-hydrogen) atoms. The molecule has 0 fully saturated rings. The molecule has 2 rings (SSSR count). The predicted molar refractivity (Wildman–Crippen MR) is 92.9 cm³/mol. The number of hydrogen-bond acceptors (Lipinski definition) is 5. The van der Waals surface area contributed by atoms with Crippen molar-refractivity contribution in [2.24, 2.45) is 0 Å². The van der Waals surface area contributed by atoms with Crippen LogP contribution in [-0.2, 0) is 11.2 Å². The van der Waals surface area contributed by atoms with Crippen molar-refractivity contribution in [1.82, 2.24) is 4.98 Å². The number of anilines is 2. The highest BCUT2D eigenvalue weighted by atomic mass is 32.1. The van der Waals surface area contributed by atoms with E-state index >= 15 is 0 Å². The number of aryl methyl sites for hydroxylation is 2. The maximum atomic E-state index is 10.7. The Morgan fingerprint density at radius 2 is 2.09 bits per heavy atom. The highest BCUT2D eigenvalue weighted by molar-refractivity contribution is 7.15. The lowest BCUT2D eigenvalue weighted by Gasteiger charge is -2.07. The van der Waals surface area contributed by atoms with Crippen molar-refractivity contribution < 1.29 is 14.6 Å². The Labute approximate surface area is 140 Å². The van der Waals surface area contributed by atoms with E-state index in [-0.39, 0.29) is 6.42 Å². The molecular formula is C17H22N2O3S. The van der Waals surface area contributed by atoms with Gasteiger partial charge in [-0.1, -0.05) is 13.3 Å². The van der Waals surface area contributed by atoms with Crippen LogP contribution >= 0.6 is 11.3 Å². The zero-order valence-electron chi connectivity index (χ0n) is 13.5. The van der Waals surface area contributed by atoms with Crippen molar-refractivity contribution in [3.63, 3.8) is 0 Å². The zero-order valence-corrected chi connectivity index (χ0v) is 14.3. The van der Waals surface area contributed by atoms with Crippen LogP contribution in [0.1, 0.15) is 36.8 Å². The van der Waals surface area contributed by atoms with Crippen LogP contribution in [0.15, 0.2) is 24.3 Å². The van der Waals surface area contributed by atoms with Crippen molar-refractivity contribution >= 4 is 28.1 Å². The summed E-state index contributed by atoms with van der Waals surface area (Å²) in [5.41, 5.74) is 1.82. The second-order valence-electron chi connectivity index (χ2n) is 5.27. The van der Waals surface area contributed by atoms with E-state index in [1.165, 1.54) is 11.3 Å². The third-order valence-corrected chi connectivity index (χ3v) is 4.46. The first-order chi connectivity index (χ1) is 11.1. The summed E-state index contributed by atoms with van der Waals surface area (Å²) in [5.74, 6) is 0.0763. The molecule has 6 heteroatoms. The third kappa shape index (κ3) is 5.56. The molecule has 1 heterocycles. The molecule has 1 aromatic carbocycles. The van der Waals surface area contributed by atoms with Crippen LogP contribution in [0, 0.1) is 6.92 Å². The summed E-state index contributed by atoms with van der Waals surface area (Å²) in [7, 11) is 0. The van der Waals surface area contributed by atoms with Gasteiger partial charge in [0.15, 0.2) is 5.13 Å². The van der Waals surface area contributed by atoms with Gasteiger partial charge in [-0.05, 0) is 44.0 Å². The first-order valence-corrected chi connectivity index (χ1v) is 8.58. The SMILES string of the molecule is CCCCOc1ccc(Nc2nc(C)c(CCC(=O)O)s2)cc1. The van der Waals surface area contributed by atoms with Crippen LogP contribution in [0.3, 0.4) is 0 Å². The van der Waals surface area contributed by atoms with Gasteiger partial charge in [-0.2, -0.15) is 0 Å². The number of carboxylic acids is 1. The molecule has 2 aromatic rings. The van der Waals surface area contributed by atoms with Gasteiger partial charge < -0.3 is 15.2 Å². The molecule has 0 aliphatic carbocycles. The summed E-state index contributed by atoms with van der Waals surface area (Å²) < 4.78 is 5.63. The number of thiazole rings is 1. The molecule has 2 N–H and O–H groups in total. The normalized spacial score (nSPS) is 10.5. The Bertz CT molecular complexity index is 638. The number of aromatic nitrogens is 1. The molecule has 0 aliphatic rings. The Morgan fingerprint density at radius 1 is 1.35 bits per heavy atom. The number of carboxylic acid groups (broad SMARTS) is 1. The number of carbonyl (C=O) groups is 1. The summed E-state index contributed by atoms with van der Waals surface area (Å²) in [6, 6.07) is 7.78. The van der Waals surface area contributed by atoms with Gasteiger partial charge in [-0.25, -0.2) is 4.98 Å². The van der Waals surface area contributed by atoms with Crippen molar-refractivity contribution in [3.8, 4) is 5.75 Å². The van der Waals surface area contributed by atoms with Gasteiger partial charge in [0.25, 0.3) is 0 Å². The summed E-state index contributed by atoms with van der Waals surface area (Å²) in [4.78, 5) is 16.1. The van der Waals surface area contributed by atoms with E-state index in [2.05, 4.69) is 17.2 Å². The number of rotatable bonds is 9. The molecule has 5 nitrogen and oxygen atoms in total. The number of ether oxygens (including phenoxy) is 1. The number of unbranched alkanes of at least 4 members (excludes halogenated alkanes) is 1. The minimum absolute atomic E-state index is 0.131. The van der Waals surface area contributed by atoms with Gasteiger partial charge in [0.2, 0.25) is 0 Å². The first-order valence-electron chi connectivity index (χ1n) is 7.76. The van der Waals surface area contributed by atoms with Crippen LogP contribution in [0.25, 0.3) is 0 Å². The van der Waals surface area contributed by atoms with Crippen LogP contribution in [-0.4, -0.2) is 22.7 Å². The molecule has 0 saturated carbocycles. The Kier molecular flexibility index (Phi) is 6.40. The van der Waals surface area contributed by atoms with Gasteiger partial charge in [-0.3, -0.25) is 4.79 Å². The van der Waals surface area contributed by atoms with E-state index in [0.717, 1.165) is 46.6 Å². The smallest absolute Gasteiger partial charge is 0.303 e. The number of aliphatic carboxylic acids is 1. The molecule has 0 bridgehead atoms. The lowest BCUT2D eigenvalue weighted by Crippen LogP contribution is -1.96. The number of nitrogens with zero attached hydrogens (tertiary/aromatic N) is 1. The Morgan fingerprint density at radius 3 is 2.74 bits per heavy atom. The summed E-state index contributed by atoms with van der Waals surface area (Å²) >= 11 is 1.50. The van der Waals surface area contributed by atoms with E-state index in [1.54, 1.807) is 0 Å². The van der Waals surface area contributed by atoms with Gasteiger partial charge in [0.05, 0.1) is 18.7 Å². The monoisotopic (exact) mass is 334 g/mol. The number of benzene rings is 1. The fraction of sp³-hybridized carbons (Fsp3) is 0.412. The molecule has 124 valence electrons. The molecule has 0 saturated heterocycles. The molecular weight excluding hydrogens is 312 g/mol. The van der Waals surface area contributed by atoms with E-state index in [1.807, 2.05) is 31.2 Å². The molecule has 0 spiro atoms. The summed E-state index contributed by atoms with van der Waals surface area (Å²) in [6.45, 7) is 4.78. The molecule has 0 aliphatic heterocycles. The number of nitrogens with one attached hydrogen (secondary N) is 1. The first kappa shape index (κ1) is 17.3. The van der Waals surface area contributed by atoms with E-state index < -0.39 is 5.97 Å². The second-order valence-corrected chi connectivity index (χ2v) is 6.36. The molecule has 0 unspecified atom stereocenters. The van der Waals surface area contributed by atoms with Crippen LogP contribution in [0.5, 0.6) is 5.75 Å². The topological polar surface area (TPSA) is 71.5 Å². The standard InChI is InChI=1S/C17H22N2O3S/c1-3-4-11-22-14-7-5-13(6-8-14)19-17-18-12(2)15(23-17)9-10-16(20)21/h5-8H,3-4,9-11H2,1-2H3,(H,18,19)(H,20,21).